The molecule has 0 aromatic carbocycles. The molecular formula is C16H23N5O. The van der Waals surface area contributed by atoms with Crippen LogP contribution in [0.5, 0.6) is 0 Å². The average Bonchev–Trinajstić information content (AvgIpc) is 2.95. The van der Waals surface area contributed by atoms with Gasteiger partial charge in [-0.3, -0.25) is 15.6 Å². The number of hydrogen-bond donors (Lipinski definition) is 2. The number of likely N-dealkylation sites (N-methyl/N-ethyl adjacent to an activating group) is 1. The third-order valence-electron chi connectivity index (χ3n) is 3.99. The maximum atomic E-state index is 12.4. The Kier molecular flexibility index (Phi) is 4.79. The first-order chi connectivity index (χ1) is 10.3. The molecule has 2 atom stereocenters. The third kappa shape index (κ3) is 3.81. The van der Waals surface area contributed by atoms with Crippen LogP contribution in [0.2, 0.25) is 0 Å². The smallest absolute Gasteiger partial charge is 0.255 e. The van der Waals surface area contributed by atoms with Gasteiger partial charge in [-0.1, -0.05) is 20.8 Å². The van der Waals surface area contributed by atoms with E-state index in [1.807, 2.05) is 6.07 Å². The summed E-state index contributed by atoms with van der Waals surface area (Å²) in [7, 11) is 1.78. The second-order valence-electron chi connectivity index (χ2n) is 6.87. The first-order valence-corrected chi connectivity index (χ1v) is 7.44. The summed E-state index contributed by atoms with van der Waals surface area (Å²) in [5.74, 6) is -0.0852. The summed E-state index contributed by atoms with van der Waals surface area (Å²) < 4.78 is 0. The Morgan fingerprint density at radius 2 is 2.18 bits per heavy atom. The quantitative estimate of drug-likeness (QED) is 0.879. The van der Waals surface area contributed by atoms with E-state index >= 15 is 0 Å². The van der Waals surface area contributed by atoms with Gasteiger partial charge in [-0.05, 0) is 24.0 Å². The van der Waals surface area contributed by atoms with Gasteiger partial charge in [0.1, 0.15) is 11.8 Å². The fourth-order valence-electron chi connectivity index (χ4n) is 2.53. The molecule has 1 aromatic heterocycles. The lowest BCUT2D eigenvalue weighted by molar-refractivity contribution is 0.0782. The van der Waals surface area contributed by atoms with Gasteiger partial charge in [-0.2, -0.15) is 5.26 Å². The number of nitrogens with zero attached hydrogens (tertiary/aromatic N) is 3. The molecule has 6 nitrogen and oxygen atoms in total. The molecule has 0 spiro atoms. The van der Waals surface area contributed by atoms with E-state index in [0.29, 0.717) is 23.8 Å². The molecule has 0 aliphatic carbocycles. The molecular weight excluding hydrogens is 278 g/mol. The Labute approximate surface area is 131 Å². The number of carbonyl (C=O) groups excluding carboxylic acids is 1. The molecule has 0 radical (unpaired) electrons. The standard InChI is InChI=1S/C16H23N5O/c1-16(2,3)14-7-13(19-20-14)10-21(4)15(22)11-5-6-12(8-17)18-9-11/h5-6,9,13-14,19-20H,7,10H2,1-4H3. The number of nitriles is 1. The van der Waals surface area contributed by atoms with Gasteiger partial charge in [0.05, 0.1) is 5.56 Å². The van der Waals surface area contributed by atoms with Crippen molar-refractivity contribution in [2.24, 2.45) is 5.41 Å². The molecule has 1 aromatic rings. The summed E-state index contributed by atoms with van der Waals surface area (Å²) in [6.45, 7) is 7.22. The van der Waals surface area contributed by atoms with Gasteiger partial charge in [-0.25, -0.2) is 4.98 Å². The van der Waals surface area contributed by atoms with Crippen molar-refractivity contribution in [3.63, 3.8) is 0 Å². The third-order valence-corrected chi connectivity index (χ3v) is 3.99. The Morgan fingerprint density at radius 3 is 2.68 bits per heavy atom. The van der Waals surface area contributed by atoms with Crippen LogP contribution in [0.1, 0.15) is 43.2 Å². The van der Waals surface area contributed by atoms with Gasteiger partial charge in [0.25, 0.3) is 5.91 Å². The maximum Gasteiger partial charge on any atom is 0.255 e. The van der Waals surface area contributed by atoms with Gasteiger partial charge in [0.2, 0.25) is 0 Å². The minimum Gasteiger partial charge on any atom is -0.340 e. The summed E-state index contributed by atoms with van der Waals surface area (Å²) in [6.07, 6.45) is 2.43. The van der Waals surface area contributed by atoms with Gasteiger partial charge >= 0.3 is 0 Å². The van der Waals surface area contributed by atoms with Crippen LogP contribution in [-0.2, 0) is 0 Å². The zero-order valence-electron chi connectivity index (χ0n) is 13.6. The van der Waals surface area contributed by atoms with E-state index in [1.165, 1.54) is 6.20 Å². The molecule has 0 saturated carbocycles. The van der Waals surface area contributed by atoms with Gasteiger partial charge < -0.3 is 4.90 Å². The molecule has 2 heterocycles. The van der Waals surface area contributed by atoms with Gasteiger partial charge in [0, 0.05) is 31.9 Å². The van der Waals surface area contributed by atoms with Crippen molar-refractivity contribution in [2.75, 3.05) is 13.6 Å². The molecule has 2 unspecified atom stereocenters. The van der Waals surface area contributed by atoms with E-state index in [1.54, 1.807) is 24.1 Å². The minimum absolute atomic E-state index is 0.0852. The number of carbonyl (C=O) groups is 1. The molecule has 2 N–H and O–H groups in total. The van der Waals surface area contributed by atoms with Crippen molar-refractivity contribution in [1.82, 2.24) is 20.7 Å². The van der Waals surface area contributed by atoms with Gasteiger partial charge in [-0.15, -0.1) is 0 Å². The highest BCUT2D eigenvalue weighted by atomic mass is 16.2. The maximum absolute atomic E-state index is 12.4. The Bertz CT molecular complexity index is 570. The SMILES string of the molecule is CN(CC1CC(C(C)(C)C)NN1)C(=O)c1ccc(C#N)nc1. The van der Waals surface area contributed by atoms with Crippen LogP contribution in [0.4, 0.5) is 0 Å². The zero-order valence-corrected chi connectivity index (χ0v) is 13.6. The summed E-state index contributed by atoms with van der Waals surface area (Å²) in [5, 5.41) is 8.73. The van der Waals surface area contributed by atoms with Crippen LogP contribution >= 0.6 is 0 Å². The predicted octanol–water partition coefficient (Wildman–Crippen LogP) is 1.31. The molecule has 1 aliphatic heterocycles. The summed E-state index contributed by atoms with van der Waals surface area (Å²) in [4.78, 5) is 18.0. The summed E-state index contributed by atoms with van der Waals surface area (Å²) >= 11 is 0. The highest BCUT2D eigenvalue weighted by Crippen LogP contribution is 2.25. The average molecular weight is 301 g/mol. The molecule has 1 aliphatic rings. The highest BCUT2D eigenvalue weighted by Gasteiger charge is 2.33. The normalized spacial score (nSPS) is 21.4. The number of amides is 1. The van der Waals surface area contributed by atoms with Crippen molar-refractivity contribution >= 4 is 5.91 Å². The Hall–Kier alpha value is -1.97. The predicted molar refractivity (Wildman–Crippen MR) is 83.8 cm³/mol. The van der Waals surface area contributed by atoms with Crippen molar-refractivity contribution < 1.29 is 4.79 Å². The number of rotatable bonds is 3. The number of nitrogens with one attached hydrogen (secondary N) is 2. The van der Waals surface area contributed by atoms with Crippen molar-refractivity contribution in [3.8, 4) is 6.07 Å². The molecule has 1 amide bonds. The van der Waals surface area contributed by atoms with Gasteiger partial charge in [0.15, 0.2) is 0 Å². The van der Waals surface area contributed by atoms with Crippen molar-refractivity contribution in [1.29, 1.82) is 5.26 Å². The van der Waals surface area contributed by atoms with Crippen LogP contribution in [0.15, 0.2) is 18.3 Å². The lowest BCUT2D eigenvalue weighted by Gasteiger charge is -2.26. The van der Waals surface area contributed by atoms with Crippen LogP contribution in [-0.4, -0.2) is 41.5 Å². The van der Waals surface area contributed by atoms with Crippen LogP contribution in [0.25, 0.3) is 0 Å². The molecule has 2 rings (SSSR count). The molecule has 6 heteroatoms. The van der Waals surface area contributed by atoms with E-state index in [-0.39, 0.29) is 17.4 Å². The number of hydrogen-bond acceptors (Lipinski definition) is 5. The topological polar surface area (TPSA) is 81.0 Å². The van der Waals surface area contributed by atoms with E-state index in [0.717, 1.165) is 6.42 Å². The molecule has 0 bridgehead atoms. The summed E-state index contributed by atoms with van der Waals surface area (Å²) in [6, 6.07) is 5.76. The Morgan fingerprint density at radius 1 is 1.45 bits per heavy atom. The van der Waals surface area contributed by atoms with E-state index in [9.17, 15) is 4.79 Å². The number of aromatic nitrogens is 1. The zero-order chi connectivity index (χ0) is 16.3. The second-order valence-corrected chi connectivity index (χ2v) is 6.87. The summed E-state index contributed by atoms with van der Waals surface area (Å²) in [5.41, 5.74) is 7.57. The van der Waals surface area contributed by atoms with Crippen LogP contribution in [0.3, 0.4) is 0 Å². The molecule has 118 valence electrons. The van der Waals surface area contributed by atoms with E-state index in [2.05, 4.69) is 36.6 Å². The molecule has 1 saturated heterocycles. The largest absolute Gasteiger partial charge is 0.340 e. The number of hydrazine groups is 1. The second kappa shape index (κ2) is 6.42. The highest BCUT2D eigenvalue weighted by molar-refractivity contribution is 5.93. The first kappa shape index (κ1) is 16.4. The van der Waals surface area contributed by atoms with Crippen molar-refractivity contribution in [3.05, 3.63) is 29.6 Å². The molecule has 22 heavy (non-hydrogen) atoms. The van der Waals surface area contributed by atoms with E-state index < -0.39 is 0 Å². The fourth-order valence-corrected chi connectivity index (χ4v) is 2.53. The Balaban J connectivity index is 1.93. The van der Waals surface area contributed by atoms with Crippen molar-refractivity contribution in [2.45, 2.75) is 39.3 Å². The monoisotopic (exact) mass is 301 g/mol. The van der Waals surface area contributed by atoms with Crippen LogP contribution in [0, 0.1) is 16.7 Å². The minimum atomic E-state index is -0.0852. The van der Waals surface area contributed by atoms with Crippen LogP contribution < -0.4 is 10.9 Å². The lowest BCUT2D eigenvalue weighted by atomic mass is 9.84. The first-order valence-electron chi connectivity index (χ1n) is 7.44. The fraction of sp³-hybridized carbons (Fsp3) is 0.562. The molecule has 1 fully saturated rings. The van der Waals surface area contributed by atoms with E-state index in [4.69, 9.17) is 5.26 Å². The lowest BCUT2D eigenvalue weighted by Crippen LogP contribution is -2.42. The number of pyridine rings is 1.